The molecule has 10 aromatic heterocycles. The molecule has 0 amide bonds. The normalized spacial score (nSPS) is 13.1. The fourth-order valence-electron chi connectivity index (χ4n) is 13.1. The smallest absolute Gasteiger partial charge is 0.0481 e. The molecule has 0 saturated carbocycles. The Balaban J connectivity index is 0.875. The van der Waals surface area contributed by atoms with Crippen molar-refractivity contribution >= 4 is 113 Å². The van der Waals surface area contributed by atoms with E-state index in [0.717, 1.165) is 0 Å². The Labute approximate surface area is 583 Å². The van der Waals surface area contributed by atoms with Crippen molar-refractivity contribution in [1.29, 1.82) is 0 Å². The molecular weight excluding hydrogens is 1280 g/mol. The van der Waals surface area contributed by atoms with E-state index < -0.39 is 0 Å². The van der Waals surface area contributed by atoms with Crippen LogP contribution in [0.15, 0.2) is 97.1 Å². The second-order valence-electron chi connectivity index (χ2n) is 25.7. The molecule has 0 unspecified atom stereocenters. The maximum atomic E-state index is 2.60. The summed E-state index contributed by atoms with van der Waals surface area (Å²) in [5, 5.41) is 0. The molecule has 0 atom stereocenters. The monoisotopic (exact) mass is 1380 g/mol. The van der Waals surface area contributed by atoms with E-state index in [1.165, 1.54) is 309 Å². The van der Waals surface area contributed by atoms with Gasteiger partial charge in [0.2, 0.25) is 0 Å². The molecule has 0 radical (unpaired) electrons. The van der Waals surface area contributed by atoms with Crippen LogP contribution in [0.25, 0.3) is 78.0 Å². The van der Waals surface area contributed by atoms with Gasteiger partial charge >= 0.3 is 0 Å². The van der Waals surface area contributed by atoms with Crippen LogP contribution >= 0.6 is 113 Å². The molecule has 10 aromatic rings. The minimum absolute atomic E-state index is 1.17. The molecule has 11 rings (SSSR count). The molecule has 0 N–H and O–H groups in total. The topological polar surface area (TPSA) is 0 Å². The Bertz CT molecular complexity index is 3210. The maximum Gasteiger partial charge on any atom is 0.0481 e. The van der Waals surface area contributed by atoms with E-state index in [4.69, 9.17) is 0 Å². The Hall–Kier alpha value is -3.00. The summed E-state index contributed by atoms with van der Waals surface area (Å²) in [4.78, 5) is 29.8. The molecule has 10 heteroatoms. The first kappa shape index (κ1) is 68.4. The van der Waals surface area contributed by atoms with Gasteiger partial charge < -0.3 is 0 Å². The predicted octanol–water partition coefficient (Wildman–Crippen LogP) is 30.7. The van der Waals surface area contributed by atoms with Crippen LogP contribution in [0.4, 0.5) is 0 Å². The van der Waals surface area contributed by atoms with Crippen molar-refractivity contribution in [1.82, 2.24) is 0 Å². The minimum atomic E-state index is 1.17. The number of aryl methyl sites for hydroxylation is 8. The lowest BCUT2D eigenvalue weighted by Gasteiger charge is -2.03. The lowest BCUT2D eigenvalue weighted by atomic mass is 10.0. The average Bonchev–Trinajstić information content (AvgIpc) is 1.85. The van der Waals surface area contributed by atoms with Crippen molar-refractivity contribution < 1.29 is 0 Å². The largest absolute Gasteiger partial charge is 0.139 e. The fraction of sp³-hybridized carbons (Fsp3) is 0.500. The van der Waals surface area contributed by atoms with Crippen molar-refractivity contribution in [3.05, 3.63) is 139 Å². The van der Waals surface area contributed by atoms with Gasteiger partial charge in [0, 0.05) is 97.5 Å². The van der Waals surface area contributed by atoms with Crippen molar-refractivity contribution in [2.45, 2.75) is 259 Å². The molecule has 0 aliphatic carbocycles. The van der Waals surface area contributed by atoms with E-state index in [1.807, 2.05) is 22.7 Å². The van der Waals surface area contributed by atoms with E-state index in [-0.39, 0.29) is 0 Å². The Morgan fingerprint density at radius 1 is 0.211 bits per heavy atom. The lowest BCUT2D eigenvalue weighted by Crippen LogP contribution is -1.86. The van der Waals surface area contributed by atoms with Gasteiger partial charge in [0.15, 0.2) is 0 Å². The molecule has 480 valence electrons. The fourth-order valence-corrected chi connectivity index (χ4v) is 25.1. The Morgan fingerprint density at radius 3 is 0.656 bits per heavy atom. The van der Waals surface area contributed by atoms with Gasteiger partial charge in [-0.05, 0) is 222 Å². The Kier molecular flexibility index (Phi) is 27.5. The van der Waals surface area contributed by atoms with Crippen LogP contribution in [0, 0.1) is 0 Å². The van der Waals surface area contributed by atoms with Gasteiger partial charge in [-0.25, -0.2) is 0 Å². The number of hydrogen-bond donors (Lipinski definition) is 0. The third-order valence-electron chi connectivity index (χ3n) is 18.4. The molecule has 1 aliphatic rings. The van der Waals surface area contributed by atoms with Crippen LogP contribution in [-0.2, 0) is 51.4 Å². The van der Waals surface area contributed by atoms with Gasteiger partial charge in [-0.3, -0.25) is 0 Å². The average molecular weight is 1380 g/mol. The molecule has 20 bridgehead atoms. The second-order valence-corrected chi connectivity index (χ2v) is 36.8. The van der Waals surface area contributed by atoms with Gasteiger partial charge in [0.25, 0.3) is 0 Å². The Morgan fingerprint density at radius 2 is 0.422 bits per heavy atom. The van der Waals surface area contributed by atoms with Crippen LogP contribution in [0.5, 0.6) is 0 Å². The molecule has 0 aromatic carbocycles. The van der Waals surface area contributed by atoms with E-state index >= 15 is 0 Å². The van der Waals surface area contributed by atoms with Crippen LogP contribution in [0.2, 0.25) is 0 Å². The summed E-state index contributed by atoms with van der Waals surface area (Å²) < 4.78 is 0. The van der Waals surface area contributed by atoms with E-state index in [2.05, 4.69) is 215 Å². The van der Waals surface area contributed by atoms with Crippen molar-refractivity contribution in [2.75, 3.05) is 0 Å². The summed E-state index contributed by atoms with van der Waals surface area (Å²) in [6, 6.07) is 39.9. The number of unbranched alkanes of at least 4 members (excludes halogenated alkanes) is 20. The predicted molar refractivity (Wildman–Crippen MR) is 417 cm³/mol. The highest BCUT2D eigenvalue weighted by Crippen LogP contribution is 2.51. The van der Waals surface area contributed by atoms with Gasteiger partial charge in [-0.15, -0.1) is 113 Å². The van der Waals surface area contributed by atoms with Crippen LogP contribution in [0.3, 0.4) is 0 Å². The lowest BCUT2D eigenvalue weighted by molar-refractivity contribution is 0.608. The second kappa shape index (κ2) is 36.2. The molecule has 90 heavy (non-hydrogen) atoms. The molecule has 11 heterocycles. The van der Waals surface area contributed by atoms with Crippen molar-refractivity contribution in [3.63, 3.8) is 0 Å². The van der Waals surface area contributed by atoms with E-state index in [0.29, 0.717) is 0 Å². The zero-order valence-corrected chi connectivity index (χ0v) is 62.9. The zero-order chi connectivity index (χ0) is 61.7. The molecule has 0 fully saturated rings. The first-order chi connectivity index (χ1) is 44.4. The minimum Gasteiger partial charge on any atom is -0.139 e. The number of thiophene rings is 10. The third kappa shape index (κ3) is 19.1. The zero-order valence-electron chi connectivity index (χ0n) is 54.8. The molecule has 1 aliphatic heterocycles. The highest BCUT2D eigenvalue weighted by Gasteiger charge is 2.22. The number of rotatable bonds is 28. The maximum absolute atomic E-state index is 2.60. The van der Waals surface area contributed by atoms with Crippen molar-refractivity contribution in [2.24, 2.45) is 0 Å². The third-order valence-corrected chi connectivity index (χ3v) is 31.3. The summed E-state index contributed by atoms with van der Waals surface area (Å²) in [5.74, 6) is 0. The highest BCUT2D eigenvalue weighted by molar-refractivity contribution is 7.31. The highest BCUT2D eigenvalue weighted by atomic mass is 32.1. The van der Waals surface area contributed by atoms with Crippen LogP contribution < -0.4 is 0 Å². The first-order valence-corrected chi connectivity index (χ1v) is 43.7. The number of fused-ring (bicyclic) bond motifs is 28. The van der Waals surface area contributed by atoms with Gasteiger partial charge in [-0.1, -0.05) is 156 Å². The quantitative estimate of drug-likeness (QED) is 0.0429. The number of hydrogen-bond acceptors (Lipinski definition) is 10. The molecule has 0 saturated heterocycles. The van der Waals surface area contributed by atoms with Crippen molar-refractivity contribution in [3.8, 4) is 78.0 Å². The molecule has 0 spiro atoms. The summed E-state index contributed by atoms with van der Waals surface area (Å²) in [5.41, 5.74) is 6.29. The van der Waals surface area contributed by atoms with Gasteiger partial charge in [0.05, 0.1) is 0 Å². The van der Waals surface area contributed by atoms with E-state index in [1.54, 1.807) is 41.8 Å². The van der Waals surface area contributed by atoms with Gasteiger partial charge in [-0.2, -0.15) is 0 Å². The SMILES string of the molecule is CCCCCCCCc1cc2sc1-c1ccc(s1)CCCCc1ccc(s1)-c1sc(cc1CCCCCCCC)-c1ccc(s1)-c1cc(CCCCCCCC)c(s1)-c1ccc(s1)CCCCc1ccc(s1)-c1sc(cc1CCCCCCCC)-c1ccc-2s1. The van der Waals surface area contributed by atoms with Gasteiger partial charge in [0.1, 0.15) is 0 Å². The summed E-state index contributed by atoms with van der Waals surface area (Å²) in [6.45, 7) is 9.32. The first-order valence-electron chi connectivity index (χ1n) is 35.5. The standard InChI is InChI=1S/C80H100S10/c1-5-9-13-17-21-25-33-57-53-73-65-49-50-66(85-65)74-54-58(34-26-22-18-14-10-6-2)78(88-74)70-46-43-63(83-70)39-31-32-40-64-44-48-72(84-64)80-60(36-28-24-20-16-12-8-4)56-76(90-80)68-52-51-67(86-68)75-55-59(35-27-23-19-15-11-7-3)79(89-75)71-47-42-62(82-71)38-30-29-37-61-41-45-69(81-61)77(57)87-73/h41-56H,5-40H2,1-4H3. The van der Waals surface area contributed by atoms with Crippen LogP contribution in [0.1, 0.15) is 249 Å². The van der Waals surface area contributed by atoms with E-state index in [9.17, 15) is 0 Å². The molecule has 0 nitrogen and oxygen atoms in total. The summed E-state index contributed by atoms with van der Waals surface area (Å²) in [7, 11) is 0. The summed E-state index contributed by atoms with van der Waals surface area (Å²) >= 11 is 20.6. The molecular formula is C80H100S10. The summed E-state index contributed by atoms with van der Waals surface area (Å²) in [6.07, 6.45) is 46.4. The van der Waals surface area contributed by atoms with Crippen LogP contribution in [-0.4, -0.2) is 0 Å².